The van der Waals surface area contributed by atoms with Crippen LogP contribution in [-0.2, 0) is 28.6 Å². The minimum atomic E-state index is -0.774. The van der Waals surface area contributed by atoms with Crippen LogP contribution >= 0.6 is 0 Å². The molecule has 0 aliphatic heterocycles. The van der Waals surface area contributed by atoms with Gasteiger partial charge >= 0.3 is 17.9 Å². The number of carbonyl (C=O) groups is 3. The van der Waals surface area contributed by atoms with Gasteiger partial charge in [0.05, 0.1) is 0 Å². The van der Waals surface area contributed by atoms with Crippen molar-refractivity contribution in [2.24, 2.45) is 0 Å². The molecule has 0 aliphatic carbocycles. The normalized spacial score (nSPS) is 12.3. The van der Waals surface area contributed by atoms with Crippen molar-refractivity contribution in [2.75, 3.05) is 13.2 Å². The summed E-state index contributed by atoms with van der Waals surface area (Å²) in [4.78, 5) is 38.1. The molecule has 0 heterocycles. The highest BCUT2D eigenvalue weighted by molar-refractivity contribution is 5.71. The topological polar surface area (TPSA) is 78.9 Å². The summed E-state index contributed by atoms with van der Waals surface area (Å²) in [7, 11) is 0. The van der Waals surface area contributed by atoms with E-state index in [4.69, 9.17) is 14.2 Å². The molecule has 0 N–H and O–H groups in total. The standard InChI is InChI=1S/C64H116O6/c1-4-7-10-13-16-19-22-25-26-27-28-29-30-31-32-33-34-35-36-37-38-40-42-45-48-51-54-57-63(66)69-60-61(59-68-62(65)56-53-50-47-44-41-24-21-18-15-12-9-6-3)70-64(67)58-55-52-49-46-43-39-23-20-17-14-11-8-5-2/h18,21-22,25,27-28,30-31,61H,4-17,19-20,23-24,26,29,32-60H2,1-3H3/b21-18-,25-22-,28-27-,31-30-. The van der Waals surface area contributed by atoms with Gasteiger partial charge in [0.25, 0.3) is 0 Å². The van der Waals surface area contributed by atoms with E-state index in [0.29, 0.717) is 19.3 Å². The second-order valence-electron chi connectivity index (χ2n) is 20.6. The SMILES string of the molecule is CCCCC/C=C\CCCCCCCC(=O)OCC(COC(=O)CCCCCCCCCCCCCC/C=C\C/C=C\C/C=C\CCCCCCC)OC(=O)CCCCCCCCCCCCCCC. The van der Waals surface area contributed by atoms with Crippen molar-refractivity contribution in [3.63, 3.8) is 0 Å². The molecule has 1 unspecified atom stereocenters. The molecule has 0 bridgehead atoms. The molecule has 6 heteroatoms. The van der Waals surface area contributed by atoms with Crippen LogP contribution in [0.4, 0.5) is 0 Å². The molecule has 0 radical (unpaired) electrons. The van der Waals surface area contributed by atoms with Gasteiger partial charge in [0.1, 0.15) is 13.2 Å². The van der Waals surface area contributed by atoms with Gasteiger partial charge in [0, 0.05) is 19.3 Å². The van der Waals surface area contributed by atoms with Crippen molar-refractivity contribution in [3.8, 4) is 0 Å². The van der Waals surface area contributed by atoms with Crippen molar-refractivity contribution in [1.82, 2.24) is 0 Å². The van der Waals surface area contributed by atoms with Gasteiger partial charge in [-0.05, 0) is 83.5 Å². The lowest BCUT2D eigenvalue weighted by Gasteiger charge is -2.18. The summed E-state index contributed by atoms with van der Waals surface area (Å²) in [5, 5.41) is 0. The quantitative estimate of drug-likeness (QED) is 0.0261. The second kappa shape index (κ2) is 58.9. The number of allylic oxidation sites excluding steroid dienone is 8. The molecular formula is C64H116O6. The summed E-state index contributed by atoms with van der Waals surface area (Å²) >= 11 is 0. The largest absolute Gasteiger partial charge is 0.462 e. The van der Waals surface area contributed by atoms with E-state index in [1.54, 1.807) is 0 Å². The number of carbonyl (C=O) groups excluding carboxylic acids is 3. The van der Waals surface area contributed by atoms with Gasteiger partial charge in [0.15, 0.2) is 6.10 Å². The molecule has 0 aliphatic rings. The Bertz CT molecular complexity index is 1220. The van der Waals surface area contributed by atoms with Crippen LogP contribution in [-0.4, -0.2) is 37.2 Å². The third kappa shape index (κ3) is 56.3. The minimum absolute atomic E-state index is 0.0732. The minimum Gasteiger partial charge on any atom is -0.462 e. The first-order chi connectivity index (χ1) is 34.5. The predicted octanol–water partition coefficient (Wildman–Crippen LogP) is 20.6. The maximum Gasteiger partial charge on any atom is 0.306 e. The fourth-order valence-corrected chi connectivity index (χ4v) is 8.92. The molecule has 0 aromatic rings. The number of unbranched alkanes of at least 4 members (excludes halogenated alkanes) is 37. The highest BCUT2D eigenvalue weighted by Gasteiger charge is 2.19. The summed E-state index contributed by atoms with van der Waals surface area (Å²) in [5.41, 5.74) is 0. The second-order valence-corrected chi connectivity index (χ2v) is 20.6. The van der Waals surface area contributed by atoms with Gasteiger partial charge in [-0.2, -0.15) is 0 Å². The van der Waals surface area contributed by atoms with Crippen LogP contribution in [0.25, 0.3) is 0 Å². The van der Waals surface area contributed by atoms with Crippen LogP contribution in [0.5, 0.6) is 0 Å². The zero-order chi connectivity index (χ0) is 50.7. The highest BCUT2D eigenvalue weighted by atomic mass is 16.6. The molecule has 70 heavy (non-hydrogen) atoms. The van der Waals surface area contributed by atoms with E-state index in [2.05, 4.69) is 69.4 Å². The van der Waals surface area contributed by atoms with Crippen molar-refractivity contribution in [3.05, 3.63) is 48.6 Å². The fraction of sp³-hybridized carbons (Fsp3) is 0.828. The first-order valence-electron chi connectivity index (χ1n) is 30.6. The molecule has 6 nitrogen and oxygen atoms in total. The van der Waals surface area contributed by atoms with Gasteiger partial charge in [-0.1, -0.05) is 268 Å². The molecule has 0 fully saturated rings. The van der Waals surface area contributed by atoms with Crippen LogP contribution < -0.4 is 0 Å². The smallest absolute Gasteiger partial charge is 0.306 e. The molecule has 0 saturated carbocycles. The van der Waals surface area contributed by atoms with Crippen LogP contribution in [0.3, 0.4) is 0 Å². The summed E-state index contributed by atoms with van der Waals surface area (Å²) in [6.45, 7) is 6.63. The van der Waals surface area contributed by atoms with Crippen LogP contribution in [0.1, 0.15) is 323 Å². The Hall–Kier alpha value is -2.63. The van der Waals surface area contributed by atoms with Gasteiger partial charge in [-0.3, -0.25) is 14.4 Å². The van der Waals surface area contributed by atoms with E-state index in [-0.39, 0.29) is 31.1 Å². The number of rotatable bonds is 56. The number of esters is 3. The lowest BCUT2D eigenvalue weighted by molar-refractivity contribution is -0.167. The number of hydrogen-bond acceptors (Lipinski definition) is 6. The monoisotopic (exact) mass is 981 g/mol. The average molecular weight is 982 g/mol. The molecule has 0 spiro atoms. The third-order valence-electron chi connectivity index (χ3n) is 13.6. The summed E-state index contributed by atoms with van der Waals surface area (Å²) in [6.07, 6.45) is 72.6. The predicted molar refractivity (Wildman–Crippen MR) is 302 cm³/mol. The molecule has 0 rings (SSSR count). The maximum atomic E-state index is 12.8. The van der Waals surface area contributed by atoms with Gasteiger partial charge < -0.3 is 14.2 Å². The van der Waals surface area contributed by atoms with Crippen LogP contribution in [0.15, 0.2) is 48.6 Å². The molecule has 1 atom stereocenters. The Labute approximate surface area is 435 Å². The van der Waals surface area contributed by atoms with E-state index in [1.165, 1.54) is 205 Å². The fourth-order valence-electron chi connectivity index (χ4n) is 8.92. The molecule has 408 valence electrons. The van der Waals surface area contributed by atoms with Gasteiger partial charge in [0.2, 0.25) is 0 Å². The molecule has 0 amide bonds. The Morgan fingerprint density at radius 2 is 0.514 bits per heavy atom. The summed E-state index contributed by atoms with van der Waals surface area (Å²) in [6, 6.07) is 0. The molecule has 0 aromatic heterocycles. The van der Waals surface area contributed by atoms with E-state index in [1.807, 2.05) is 0 Å². The average Bonchev–Trinajstić information content (AvgIpc) is 3.36. The third-order valence-corrected chi connectivity index (χ3v) is 13.6. The lowest BCUT2D eigenvalue weighted by atomic mass is 10.0. The Kier molecular flexibility index (Phi) is 56.7. The Morgan fingerprint density at radius 1 is 0.286 bits per heavy atom. The first kappa shape index (κ1) is 67.4. The Morgan fingerprint density at radius 3 is 0.843 bits per heavy atom. The van der Waals surface area contributed by atoms with E-state index >= 15 is 0 Å². The van der Waals surface area contributed by atoms with Crippen molar-refractivity contribution in [1.29, 1.82) is 0 Å². The molecular weight excluding hydrogens is 865 g/mol. The summed E-state index contributed by atoms with van der Waals surface area (Å²) < 4.78 is 16.9. The zero-order valence-electron chi connectivity index (χ0n) is 46.8. The van der Waals surface area contributed by atoms with Gasteiger partial charge in [-0.15, -0.1) is 0 Å². The van der Waals surface area contributed by atoms with Crippen molar-refractivity contribution >= 4 is 17.9 Å². The number of hydrogen-bond donors (Lipinski definition) is 0. The van der Waals surface area contributed by atoms with E-state index < -0.39 is 6.10 Å². The number of ether oxygens (including phenoxy) is 3. The van der Waals surface area contributed by atoms with Crippen LogP contribution in [0, 0.1) is 0 Å². The maximum absolute atomic E-state index is 12.8. The highest BCUT2D eigenvalue weighted by Crippen LogP contribution is 2.16. The molecule has 0 aromatic carbocycles. The van der Waals surface area contributed by atoms with E-state index in [9.17, 15) is 14.4 Å². The zero-order valence-corrected chi connectivity index (χ0v) is 46.8. The van der Waals surface area contributed by atoms with Gasteiger partial charge in [-0.25, -0.2) is 0 Å². The van der Waals surface area contributed by atoms with Crippen molar-refractivity contribution < 1.29 is 28.6 Å². The first-order valence-corrected chi connectivity index (χ1v) is 30.6. The Balaban J connectivity index is 4.19. The molecule has 0 saturated heterocycles. The van der Waals surface area contributed by atoms with Crippen LogP contribution in [0.2, 0.25) is 0 Å². The lowest BCUT2D eigenvalue weighted by Crippen LogP contribution is -2.30. The van der Waals surface area contributed by atoms with E-state index in [0.717, 1.165) is 77.0 Å². The summed E-state index contributed by atoms with van der Waals surface area (Å²) in [5.74, 6) is -0.869. The van der Waals surface area contributed by atoms with Crippen molar-refractivity contribution in [2.45, 2.75) is 329 Å².